The Morgan fingerprint density at radius 3 is 2.25 bits per heavy atom. The van der Waals surface area contributed by atoms with E-state index in [-0.39, 0.29) is 12.5 Å². The summed E-state index contributed by atoms with van der Waals surface area (Å²) in [6.45, 7) is 0.857. The van der Waals surface area contributed by atoms with Crippen LogP contribution < -0.4 is 9.46 Å². The van der Waals surface area contributed by atoms with Gasteiger partial charge in [-0.3, -0.25) is 0 Å². The second-order valence-corrected chi connectivity index (χ2v) is 8.22. The molecule has 1 fully saturated rings. The Kier molecular flexibility index (Phi) is 6.25. The number of carbonyl (C=O) groups is 1. The predicted octanol–water partition coefficient (Wildman–Crippen LogP) is 3.15. The van der Waals surface area contributed by atoms with Gasteiger partial charge >= 0.3 is 6.09 Å². The van der Waals surface area contributed by atoms with Crippen LogP contribution in [0.3, 0.4) is 0 Å². The van der Waals surface area contributed by atoms with E-state index in [1.807, 2.05) is 6.07 Å². The number of rotatable bonds is 5. The van der Waals surface area contributed by atoms with E-state index in [0.29, 0.717) is 31.7 Å². The van der Waals surface area contributed by atoms with Crippen molar-refractivity contribution in [2.24, 2.45) is 5.92 Å². The van der Waals surface area contributed by atoms with Crippen molar-refractivity contribution < 1.29 is 26.7 Å². The van der Waals surface area contributed by atoms with Crippen molar-refractivity contribution in [3.63, 3.8) is 0 Å². The highest BCUT2D eigenvalue weighted by atomic mass is 32.2. The molecular formula is C19H20F2N2O4S. The van der Waals surface area contributed by atoms with Crippen molar-refractivity contribution in [3.05, 3.63) is 60.2 Å². The molecule has 0 atom stereocenters. The second kappa shape index (κ2) is 8.66. The minimum Gasteiger partial charge on any atom is -0.410 e. The van der Waals surface area contributed by atoms with Gasteiger partial charge in [-0.2, -0.15) is 0 Å². The standard InChI is InChI=1S/C19H20F2N2O4S/c20-16-7-4-8-17(21)18(16)28(25,26)22-13-14-9-11-23(12-10-14)19(24)27-15-5-2-1-3-6-15/h1-8,14,22H,9-13H2. The summed E-state index contributed by atoms with van der Waals surface area (Å²) in [6, 6.07) is 11.6. The number of ether oxygens (including phenoxy) is 1. The molecule has 1 amide bonds. The number of likely N-dealkylation sites (tertiary alicyclic amines) is 1. The van der Waals surface area contributed by atoms with E-state index >= 15 is 0 Å². The van der Waals surface area contributed by atoms with Gasteiger partial charge in [0, 0.05) is 19.6 Å². The van der Waals surface area contributed by atoms with Crippen LogP contribution in [0, 0.1) is 17.6 Å². The first-order chi connectivity index (χ1) is 13.4. The lowest BCUT2D eigenvalue weighted by Gasteiger charge is -2.31. The monoisotopic (exact) mass is 410 g/mol. The van der Waals surface area contributed by atoms with Crippen molar-refractivity contribution >= 4 is 16.1 Å². The van der Waals surface area contributed by atoms with Crippen LogP contribution in [0.2, 0.25) is 0 Å². The molecule has 1 saturated heterocycles. The van der Waals surface area contributed by atoms with Gasteiger partial charge in [0.15, 0.2) is 4.90 Å². The normalized spacial score (nSPS) is 15.4. The van der Waals surface area contributed by atoms with Gasteiger partial charge in [0.1, 0.15) is 17.4 Å². The number of sulfonamides is 1. The summed E-state index contributed by atoms with van der Waals surface area (Å²) in [4.78, 5) is 12.7. The third-order valence-corrected chi connectivity index (χ3v) is 6.04. The maximum atomic E-state index is 13.7. The summed E-state index contributed by atoms with van der Waals surface area (Å²) in [5, 5.41) is 0. The number of nitrogens with one attached hydrogen (secondary N) is 1. The van der Waals surface area contributed by atoms with E-state index in [4.69, 9.17) is 4.74 Å². The minimum absolute atomic E-state index is 0.0394. The van der Waals surface area contributed by atoms with Crippen LogP contribution in [0.1, 0.15) is 12.8 Å². The van der Waals surface area contributed by atoms with Crippen molar-refractivity contribution in [2.75, 3.05) is 19.6 Å². The highest BCUT2D eigenvalue weighted by Crippen LogP contribution is 2.21. The fourth-order valence-electron chi connectivity index (χ4n) is 3.01. The molecule has 3 rings (SSSR count). The van der Waals surface area contributed by atoms with Crippen LogP contribution in [0.25, 0.3) is 0 Å². The summed E-state index contributed by atoms with van der Waals surface area (Å²) in [6.07, 6.45) is 0.636. The number of piperidine rings is 1. The minimum atomic E-state index is -4.30. The third-order valence-electron chi connectivity index (χ3n) is 4.57. The number of amides is 1. The van der Waals surface area contributed by atoms with Gasteiger partial charge in [-0.1, -0.05) is 24.3 Å². The Morgan fingerprint density at radius 2 is 1.64 bits per heavy atom. The molecule has 150 valence electrons. The summed E-state index contributed by atoms with van der Waals surface area (Å²) in [7, 11) is -4.30. The first-order valence-corrected chi connectivity index (χ1v) is 10.3. The highest BCUT2D eigenvalue weighted by Gasteiger charge is 2.28. The van der Waals surface area contributed by atoms with E-state index in [0.717, 1.165) is 18.2 Å². The molecule has 28 heavy (non-hydrogen) atoms. The Hall–Kier alpha value is -2.52. The Balaban J connectivity index is 1.51. The second-order valence-electron chi connectivity index (χ2n) is 6.51. The zero-order valence-corrected chi connectivity index (χ0v) is 15.8. The predicted molar refractivity (Wildman–Crippen MR) is 98.3 cm³/mol. The first kappa shape index (κ1) is 20.2. The van der Waals surface area contributed by atoms with E-state index in [9.17, 15) is 22.0 Å². The molecule has 1 heterocycles. The zero-order valence-electron chi connectivity index (χ0n) is 15.0. The van der Waals surface area contributed by atoms with Gasteiger partial charge < -0.3 is 9.64 Å². The van der Waals surface area contributed by atoms with E-state index < -0.39 is 32.6 Å². The molecule has 1 N–H and O–H groups in total. The maximum absolute atomic E-state index is 13.7. The van der Waals surface area contributed by atoms with Crippen LogP contribution in [0.15, 0.2) is 53.4 Å². The van der Waals surface area contributed by atoms with Gasteiger partial charge in [0.05, 0.1) is 0 Å². The number of benzene rings is 2. The van der Waals surface area contributed by atoms with Gasteiger partial charge in [-0.05, 0) is 43.0 Å². The summed E-state index contributed by atoms with van der Waals surface area (Å²) >= 11 is 0. The van der Waals surface area contributed by atoms with Gasteiger partial charge in [-0.15, -0.1) is 0 Å². The lowest BCUT2D eigenvalue weighted by molar-refractivity contribution is 0.131. The van der Waals surface area contributed by atoms with Crippen molar-refractivity contribution in [1.82, 2.24) is 9.62 Å². The molecule has 1 aliphatic rings. The Bertz CT molecular complexity index is 910. The average molecular weight is 410 g/mol. The quantitative estimate of drug-likeness (QED) is 0.822. The van der Waals surface area contributed by atoms with Crippen LogP contribution in [0.5, 0.6) is 5.75 Å². The topological polar surface area (TPSA) is 75.7 Å². The number of halogens is 2. The molecule has 2 aromatic rings. The summed E-state index contributed by atoms with van der Waals surface area (Å²) in [5.41, 5.74) is 0. The van der Waals surface area contributed by atoms with Gasteiger partial charge in [0.25, 0.3) is 0 Å². The van der Waals surface area contributed by atoms with E-state index in [2.05, 4.69) is 4.72 Å². The summed E-state index contributed by atoms with van der Waals surface area (Å²) in [5.74, 6) is -1.86. The lowest BCUT2D eigenvalue weighted by Crippen LogP contribution is -2.42. The number of carbonyl (C=O) groups excluding carboxylic acids is 1. The van der Waals surface area contributed by atoms with Crippen LogP contribution in [-0.2, 0) is 10.0 Å². The molecule has 0 unspecified atom stereocenters. The fourth-order valence-corrected chi connectivity index (χ4v) is 4.26. The van der Waals surface area contributed by atoms with Crippen molar-refractivity contribution in [1.29, 1.82) is 0 Å². The molecular weight excluding hydrogens is 390 g/mol. The number of hydrogen-bond acceptors (Lipinski definition) is 4. The van der Waals surface area contributed by atoms with Gasteiger partial charge in [0.2, 0.25) is 10.0 Å². The molecule has 0 saturated carbocycles. The molecule has 0 aliphatic carbocycles. The number of para-hydroxylation sites is 1. The Labute approximate surface area is 162 Å². The Morgan fingerprint density at radius 1 is 1.04 bits per heavy atom. The van der Waals surface area contributed by atoms with E-state index in [1.165, 1.54) is 0 Å². The molecule has 2 aromatic carbocycles. The zero-order chi connectivity index (χ0) is 20.1. The van der Waals surface area contributed by atoms with E-state index in [1.54, 1.807) is 29.2 Å². The molecule has 0 bridgehead atoms. The third kappa shape index (κ3) is 4.85. The highest BCUT2D eigenvalue weighted by molar-refractivity contribution is 7.89. The molecule has 0 aromatic heterocycles. The number of nitrogens with zero attached hydrogens (tertiary/aromatic N) is 1. The van der Waals surface area contributed by atoms with Crippen molar-refractivity contribution in [2.45, 2.75) is 17.7 Å². The molecule has 6 nitrogen and oxygen atoms in total. The van der Waals surface area contributed by atoms with Crippen molar-refractivity contribution in [3.8, 4) is 5.75 Å². The fraction of sp³-hybridized carbons (Fsp3) is 0.316. The largest absolute Gasteiger partial charge is 0.415 e. The summed E-state index contributed by atoms with van der Waals surface area (Å²) < 4.78 is 59.4. The SMILES string of the molecule is O=C(Oc1ccccc1)N1CCC(CNS(=O)(=O)c2c(F)cccc2F)CC1. The maximum Gasteiger partial charge on any atom is 0.415 e. The average Bonchev–Trinajstić information content (AvgIpc) is 2.67. The molecule has 0 spiro atoms. The van der Waals surface area contributed by atoms with Crippen LogP contribution >= 0.6 is 0 Å². The van der Waals surface area contributed by atoms with Crippen LogP contribution in [0.4, 0.5) is 13.6 Å². The molecule has 9 heteroatoms. The van der Waals surface area contributed by atoms with Crippen LogP contribution in [-0.4, -0.2) is 39.0 Å². The molecule has 0 radical (unpaired) electrons. The lowest BCUT2D eigenvalue weighted by atomic mass is 9.97. The van der Waals surface area contributed by atoms with Gasteiger partial charge in [-0.25, -0.2) is 26.7 Å². The molecule has 1 aliphatic heterocycles. The first-order valence-electron chi connectivity index (χ1n) is 8.82. The smallest absolute Gasteiger partial charge is 0.410 e. The number of hydrogen-bond donors (Lipinski definition) is 1.